The summed E-state index contributed by atoms with van der Waals surface area (Å²) in [6.07, 6.45) is 2.90. The summed E-state index contributed by atoms with van der Waals surface area (Å²) in [4.78, 5) is 10.6. The number of aliphatic carboxylic acids is 1. The molecule has 72 valence electrons. The third-order valence-electron chi connectivity index (χ3n) is 2.10. The topological polar surface area (TPSA) is 63.3 Å². The summed E-state index contributed by atoms with van der Waals surface area (Å²) in [5.74, 6) is -0.647. The second kappa shape index (κ2) is 6.00. The van der Waals surface area contributed by atoms with Crippen LogP contribution in [0, 0.1) is 11.8 Å². The predicted octanol–water partition coefficient (Wildman–Crippen LogP) is 1.47. The molecule has 3 N–H and O–H groups in total. The predicted molar refractivity (Wildman–Crippen MR) is 48.9 cm³/mol. The molecule has 0 spiro atoms. The van der Waals surface area contributed by atoms with E-state index in [4.69, 9.17) is 10.8 Å². The summed E-state index contributed by atoms with van der Waals surface area (Å²) < 4.78 is 0. The van der Waals surface area contributed by atoms with Crippen molar-refractivity contribution >= 4 is 5.97 Å². The standard InChI is InChI=1S/C9H19NO2/c1-3-4-7(2)5-8(6-10)9(11)12/h7-8H,3-6,10H2,1-2H3,(H,11,12). The highest BCUT2D eigenvalue weighted by atomic mass is 16.4. The molecular formula is C9H19NO2. The fraction of sp³-hybridized carbons (Fsp3) is 0.889. The molecule has 3 nitrogen and oxygen atoms in total. The molecule has 2 atom stereocenters. The van der Waals surface area contributed by atoms with Gasteiger partial charge in [0.05, 0.1) is 5.92 Å². The first-order valence-electron chi connectivity index (χ1n) is 4.54. The number of carboxylic acids is 1. The van der Waals surface area contributed by atoms with E-state index in [1.807, 2.05) is 0 Å². The number of carbonyl (C=O) groups is 1. The van der Waals surface area contributed by atoms with Crippen LogP contribution in [0.15, 0.2) is 0 Å². The molecule has 0 amide bonds. The van der Waals surface area contributed by atoms with Gasteiger partial charge in [-0.3, -0.25) is 4.79 Å². The molecule has 0 aromatic rings. The Bertz CT molecular complexity index is 136. The van der Waals surface area contributed by atoms with Crippen molar-refractivity contribution in [2.45, 2.75) is 33.1 Å². The second-order valence-corrected chi connectivity index (χ2v) is 3.40. The molecule has 0 heterocycles. The van der Waals surface area contributed by atoms with Crippen molar-refractivity contribution in [1.82, 2.24) is 0 Å². The molecule has 0 saturated carbocycles. The Kier molecular flexibility index (Phi) is 5.72. The fourth-order valence-corrected chi connectivity index (χ4v) is 1.39. The van der Waals surface area contributed by atoms with E-state index in [-0.39, 0.29) is 12.5 Å². The second-order valence-electron chi connectivity index (χ2n) is 3.40. The molecule has 2 unspecified atom stereocenters. The molecule has 0 aromatic carbocycles. The highest BCUT2D eigenvalue weighted by Crippen LogP contribution is 2.16. The van der Waals surface area contributed by atoms with Gasteiger partial charge in [-0.25, -0.2) is 0 Å². The zero-order valence-corrected chi connectivity index (χ0v) is 7.92. The Morgan fingerprint density at radius 1 is 1.58 bits per heavy atom. The lowest BCUT2D eigenvalue weighted by Gasteiger charge is -2.14. The SMILES string of the molecule is CCCC(C)CC(CN)C(=O)O. The quantitative estimate of drug-likeness (QED) is 0.639. The lowest BCUT2D eigenvalue weighted by atomic mass is 9.93. The molecule has 0 saturated heterocycles. The average molecular weight is 173 g/mol. The Balaban J connectivity index is 3.77. The van der Waals surface area contributed by atoms with E-state index in [0.717, 1.165) is 12.8 Å². The number of hydrogen-bond acceptors (Lipinski definition) is 2. The maximum Gasteiger partial charge on any atom is 0.307 e. The van der Waals surface area contributed by atoms with Crippen LogP contribution >= 0.6 is 0 Å². The highest BCUT2D eigenvalue weighted by Gasteiger charge is 2.17. The largest absolute Gasteiger partial charge is 0.481 e. The molecule has 0 bridgehead atoms. The summed E-state index contributed by atoms with van der Waals surface area (Å²) >= 11 is 0. The minimum absolute atomic E-state index is 0.253. The molecule has 0 aliphatic heterocycles. The highest BCUT2D eigenvalue weighted by molar-refractivity contribution is 5.70. The smallest absolute Gasteiger partial charge is 0.307 e. The molecule has 0 aliphatic carbocycles. The molecule has 0 rings (SSSR count). The van der Waals surface area contributed by atoms with Crippen LogP contribution in [0.5, 0.6) is 0 Å². The summed E-state index contributed by atoms with van der Waals surface area (Å²) in [6, 6.07) is 0. The van der Waals surface area contributed by atoms with Crippen LogP contribution in [0.1, 0.15) is 33.1 Å². The van der Waals surface area contributed by atoms with E-state index in [9.17, 15) is 4.79 Å². The third kappa shape index (κ3) is 4.34. The fourth-order valence-electron chi connectivity index (χ4n) is 1.39. The van der Waals surface area contributed by atoms with Crippen molar-refractivity contribution in [3.8, 4) is 0 Å². The molecule has 3 heteroatoms. The summed E-state index contributed by atoms with van der Waals surface area (Å²) in [6.45, 7) is 4.44. The minimum atomic E-state index is -0.763. The molecular weight excluding hydrogens is 154 g/mol. The van der Waals surface area contributed by atoms with Crippen LogP contribution in [0.4, 0.5) is 0 Å². The van der Waals surface area contributed by atoms with Gasteiger partial charge in [0.1, 0.15) is 0 Å². The Labute approximate surface area is 74.0 Å². The average Bonchev–Trinajstić information content (AvgIpc) is 2.00. The van der Waals surface area contributed by atoms with E-state index in [0.29, 0.717) is 12.3 Å². The molecule has 0 radical (unpaired) electrons. The lowest BCUT2D eigenvalue weighted by Crippen LogP contribution is -2.25. The van der Waals surface area contributed by atoms with Gasteiger partial charge in [0.2, 0.25) is 0 Å². The van der Waals surface area contributed by atoms with Crippen LogP contribution < -0.4 is 5.73 Å². The van der Waals surface area contributed by atoms with Crippen molar-refractivity contribution in [3.63, 3.8) is 0 Å². The van der Waals surface area contributed by atoms with Crippen molar-refractivity contribution in [2.75, 3.05) is 6.54 Å². The third-order valence-corrected chi connectivity index (χ3v) is 2.10. The Hall–Kier alpha value is -0.570. The number of nitrogens with two attached hydrogens (primary N) is 1. The van der Waals surface area contributed by atoms with E-state index in [2.05, 4.69) is 13.8 Å². The monoisotopic (exact) mass is 173 g/mol. The van der Waals surface area contributed by atoms with Crippen molar-refractivity contribution in [2.24, 2.45) is 17.6 Å². The van der Waals surface area contributed by atoms with Gasteiger partial charge >= 0.3 is 5.97 Å². The number of rotatable bonds is 6. The van der Waals surface area contributed by atoms with Gasteiger partial charge < -0.3 is 10.8 Å². The van der Waals surface area contributed by atoms with Gasteiger partial charge in [0, 0.05) is 6.54 Å². The minimum Gasteiger partial charge on any atom is -0.481 e. The van der Waals surface area contributed by atoms with Gasteiger partial charge in [-0.1, -0.05) is 26.7 Å². The van der Waals surface area contributed by atoms with Crippen molar-refractivity contribution < 1.29 is 9.90 Å². The van der Waals surface area contributed by atoms with Gasteiger partial charge in [-0.2, -0.15) is 0 Å². The van der Waals surface area contributed by atoms with Crippen LogP contribution in [-0.2, 0) is 4.79 Å². The van der Waals surface area contributed by atoms with Crippen LogP contribution in [-0.4, -0.2) is 17.6 Å². The molecule has 0 aliphatic rings. The normalized spacial score (nSPS) is 15.6. The van der Waals surface area contributed by atoms with Gasteiger partial charge in [0.15, 0.2) is 0 Å². The van der Waals surface area contributed by atoms with Gasteiger partial charge in [0.25, 0.3) is 0 Å². The molecule has 12 heavy (non-hydrogen) atoms. The number of hydrogen-bond donors (Lipinski definition) is 2. The summed E-state index contributed by atoms with van der Waals surface area (Å²) in [5, 5.41) is 8.71. The van der Waals surface area contributed by atoms with E-state index in [1.54, 1.807) is 0 Å². The van der Waals surface area contributed by atoms with Crippen LogP contribution in [0.3, 0.4) is 0 Å². The maximum absolute atomic E-state index is 10.6. The Morgan fingerprint density at radius 3 is 2.50 bits per heavy atom. The number of carboxylic acid groups (broad SMARTS) is 1. The summed E-state index contributed by atoms with van der Waals surface area (Å²) in [7, 11) is 0. The zero-order valence-electron chi connectivity index (χ0n) is 7.92. The van der Waals surface area contributed by atoms with Crippen LogP contribution in [0.25, 0.3) is 0 Å². The van der Waals surface area contributed by atoms with E-state index in [1.165, 1.54) is 0 Å². The Morgan fingerprint density at radius 2 is 2.17 bits per heavy atom. The molecule has 0 fully saturated rings. The zero-order chi connectivity index (χ0) is 9.56. The van der Waals surface area contributed by atoms with E-state index < -0.39 is 5.97 Å². The van der Waals surface area contributed by atoms with Crippen molar-refractivity contribution in [1.29, 1.82) is 0 Å². The van der Waals surface area contributed by atoms with Crippen molar-refractivity contribution in [3.05, 3.63) is 0 Å². The first-order chi connectivity index (χ1) is 5.61. The molecule has 0 aromatic heterocycles. The van der Waals surface area contributed by atoms with E-state index >= 15 is 0 Å². The maximum atomic E-state index is 10.6. The first kappa shape index (κ1) is 11.4. The van der Waals surface area contributed by atoms with Gasteiger partial charge in [-0.05, 0) is 12.3 Å². The lowest BCUT2D eigenvalue weighted by molar-refractivity contribution is -0.141. The first-order valence-corrected chi connectivity index (χ1v) is 4.54. The van der Waals surface area contributed by atoms with Crippen LogP contribution in [0.2, 0.25) is 0 Å². The van der Waals surface area contributed by atoms with Gasteiger partial charge in [-0.15, -0.1) is 0 Å². The summed E-state index contributed by atoms with van der Waals surface area (Å²) in [5.41, 5.74) is 5.34.